The van der Waals surface area contributed by atoms with Crippen molar-refractivity contribution >= 4 is 16.0 Å². The Kier molecular flexibility index (Phi) is 4.73. The monoisotopic (exact) mass is 347 g/mol. The highest BCUT2D eigenvalue weighted by atomic mass is 32.2. The van der Waals surface area contributed by atoms with Gasteiger partial charge in [-0.3, -0.25) is 4.99 Å². The highest BCUT2D eigenvalue weighted by Crippen LogP contribution is 2.23. The molecule has 0 amide bonds. The van der Waals surface area contributed by atoms with E-state index in [4.69, 9.17) is 0 Å². The first-order valence-electron chi connectivity index (χ1n) is 8.11. The van der Waals surface area contributed by atoms with Crippen LogP contribution in [0.1, 0.15) is 12.5 Å². The largest absolute Gasteiger partial charge is 0.339 e. The third-order valence-electron chi connectivity index (χ3n) is 4.46. The number of likely N-dealkylation sites (N-methyl/N-ethyl adjacent to an activating group) is 1. The first kappa shape index (κ1) is 16.7. The van der Waals surface area contributed by atoms with Crippen LogP contribution < -0.4 is 0 Å². The van der Waals surface area contributed by atoms with E-state index >= 15 is 0 Å². The lowest BCUT2D eigenvalue weighted by molar-refractivity contribution is 0.184. The summed E-state index contributed by atoms with van der Waals surface area (Å²) in [5.41, 5.74) is 0.166. The molecular formula is C16H21N5O2S. The van der Waals surface area contributed by atoms with Crippen LogP contribution in [0.15, 0.2) is 34.2 Å². The van der Waals surface area contributed by atoms with Crippen molar-refractivity contribution in [2.75, 3.05) is 45.8 Å². The van der Waals surface area contributed by atoms with Gasteiger partial charge in [0.25, 0.3) is 10.0 Å². The van der Waals surface area contributed by atoms with E-state index in [1.54, 1.807) is 12.1 Å². The number of guanidine groups is 1. The van der Waals surface area contributed by atoms with Crippen molar-refractivity contribution in [3.05, 3.63) is 29.8 Å². The van der Waals surface area contributed by atoms with Gasteiger partial charge < -0.3 is 9.80 Å². The Bertz CT molecular complexity index is 776. The van der Waals surface area contributed by atoms with E-state index < -0.39 is 10.0 Å². The zero-order chi connectivity index (χ0) is 17.2. The number of rotatable bonds is 3. The van der Waals surface area contributed by atoms with Gasteiger partial charge in [-0.1, -0.05) is 19.1 Å². The van der Waals surface area contributed by atoms with E-state index in [0.29, 0.717) is 19.0 Å². The van der Waals surface area contributed by atoms with Crippen molar-refractivity contribution < 1.29 is 8.42 Å². The molecule has 0 saturated carbocycles. The number of nitrogens with zero attached hydrogens (tertiary/aromatic N) is 5. The third-order valence-corrected chi connectivity index (χ3v) is 6.30. The van der Waals surface area contributed by atoms with Gasteiger partial charge >= 0.3 is 0 Å². The summed E-state index contributed by atoms with van der Waals surface area (Å²) in [5, 5.41) is 9.22. The maximum Gasteiger partial charge on any atom is 0.267 e. The molecule has 0 aromatic heterocycles. The lowest BCUT2D eigenvalue weighted by atomic mass is 10.2. The Labute approximate surface area is 142 Å². The Morgan fingerprint density at radius 3 is 2.54 bits per heavy atom. The predicted molar refractivity (Wildman–Crippen MR) is 91.0 cm³/mol. The van der Waals surface area contributed by atoms with Gasteiger partial charge in [-0.2, -0.15) is 5.26 Å². The number of piperazine rings is 1. The molecule has 1 aromatic rings. The second-order valence-corrected chi connectivity index (χ2v) is 7.62. The standard InChI is InChI=1S/C16H21N5O2S/c1-2-19-9-11-20(12-10-19)16-18-7-8-21(16)24(22,23)15-6-4-3-5-14(15)13-17/h3-6H,2,7-12H2,1H3. The molecule has 7 nitrogen and oxygen atoms in total. The van der Waals surface area contributed by atoms with E-state index in [9.17, 15) is 13.7 Å². The molecular weight excluding hydrogens is 326 g/mol. The second kappa shape index (κ2) is 6.79. The summed E-state index contributed by atoms with van der Waals surface area (Å²) in [6.45, 7) is 7.23. The lowest BCUT2D eigenvalue weighted by Crippen LogP contribution is -2.53. The fourth-order valence-electron chi connectivity index (χ4n) is 3.07. The van der Waals surface area contributed by atoms with Gasteiger partial charge in [0, 0.05) is 26.2 Å². The van der Waals surface area contributed by atoms with Crippen molar-refractivity contribution in [1.82, 2.24) is 14.1 Å². The van der Waals surface area contributed by atoms with Gasteiger partial charge in [0.15, 0.2) is 0 Å². The fourth-order valence-corrected chi connectivity index (χ4v) is 4.66. The number of hydrogen-bond acceptors (Lipinski definition) is 6. The van der Waals surface area contributed by atoms with Gasteiger partial charge in [-0.15, -0.1) is 0 Å². The molecule has 1 fully saturated rings. The highest BCUT2D eigenvalue weighted by molar-refractivity contribution is 7.89. The molecule has 0 atom stereocenters. The van der Waals surface area contributed by atoms with Gasteiger partial charge in [0.05, 0.1) is 18.7 Å². The molecule has 0 N–H and O–H groups in total. The number of benzene rings is 1. The van der Waals surface area contributed by atoms with Gasteiger partial charge in [-0.05, 0) is 18.7 Å². The van der Waals surface area contributed by atoms with Crippen LogP contribution in [-0.2, 0) is 10.0 Å². The molecule has 0 spiro atoms. The lowest BCUT2D eigenvalue weighted by Gasteiger charge is -2.37. The number of aliphatic imine (C=N–C) groups is 1. The molecule has 2 heterocycles. The zero-order valence-electron chi connectivity index (χ0n) is 13.7. The first-order chi connectivity index (χ1) is 11.6. The first-order valence-corrected chi connectivity index (χ1v) is 9.55. The van der Waals surface area contributed by atoms with Crippen LogP contribution in [0, 0.1) is 11.3 Å². The maximum absolute atomic E-state index is 13.0. The average molecular weight is 347 g/mol. The van der Waals surface area contributed by atoms with Crippen LogP contribution in [-0.4, -0.2) is 74.3 Å². The van der Waals surface area contributed by atoms with Gasteiger partial charge in [-0.25, -0.2) is 12.7 Å². The summed E-state index contributed by atoms with van der Waals surface area (Å²) in [6, 6.07) is 8.29. The molecule has 0 bridgehead atoms. The van der Waals surface area contributed by atoms with Crippen LogP contribution in [0.3, 0.4) is 0 Å². The van der Waals surface area contributed by atoms with E-state index in [1.165, 1.54) is 16.4 Å². The van der Waals surface area contributed by atoms with E-state index in [2.05, 4.69) is 16.8 Å². The van der Waals surface area contributed by atoms with E-state index in [1.807, 2.05) is 11.0 Å². The van der Waals surface area contributed by atoms with Crippen molar-refractivity contribution in [3.8, 4) is 6.07 Å². The van der Waals surface area contributed by atoms with E-state index in [-0.39, 0.29) is 10.5 Å². The summed E-state index contributed by atoms with van der Waals surface area (Å²) >= 11 is 0. The topological polar surface area (TPSA) is 80.0 Å². The Balaban J connectivity index is 1.86. The normalized spacial score (nSPS) is 19.2. The predicted octanol–water partition coefficient (Wildman–Crippen LogP) is 0.556. The molecule has 3 rings (SSSR count). The van der Waals surface area contributed by atoms with Crippen molar-refractivity contribution in [2.24, 2.45) is 4.99 Å². The summed E-state index contributed by atoms with van der Waals surface area (Å²) < 4.78 is 27.4. The van der Waals surface area contributed by atoms with Crippen LogP contribution >= 0.6 is 0 Å². The summed E-state index contributed by atoms with van der Waals surface area (Å²) in [6.07, 6.45) is 0. The highest BCUT2D eigenvalue weighted by Gasteiger charge is 2.35. The van der Waals surface area contributed by atoms with Gasteiger partial charge in [0.2, 0.25) is 5.96 Å². The molecule has 1 aromatic carbocycles. The van der Waals surface area contributed by atoms with Crippen molar-refractivity contribution in [3.63, 3.8) is 0 Å². The third kappa shape index (κ3) is 2.97. The SMILES string of the molecule is CCN1CCN(C2=NCCN2S(=O)(=O)c2ccccc2C#N)CC1. The van der Waals surface area contributed by atoms with Crippen LogP contribution in [0.5, 0.6) is 0 Å². The smallest absolute Gasteiger partial charge is 0.267 e. The summed E-state index contributed by atoms with van der Waals surface area (Å²) in [7, 11) is -3.77. The Morgan fingerprint density at radius 2 is 1.88 bits per heavy atom. The molecule has 0 aliphatic carbocycles. The quantitative estimate of drug-likeness (QED) is 0.798. The van der Waals surface area contributed by atoms with Gasteiger partial charge in [0.1, 0.15) is 11.0 Å². The zero-order valence-corrected chi connectivity index (χ0v) is 14.5. The van der Waals surface area contributed by atoms with Crippen molar-refractivity contribution in [1.29, 1.82) is 5.26 Å². The molecule has 24 heavy (non-hydrogen) atoms. The Hall–Kier alpha value is -2.11. The molecule has 0 radical (unpaired) electrons. The number of hydrogen-bond donors (Lipinski definition) is 0. The summed E-state index contributed by atoms with van der Waals surface area (Å²) in [5.74, 6) is 0.512. The minimum Gasteiger partial charge on any atom is -0.339 e. The molecule has 2 aliphatic heterocycles. The minimum absolute atomic E-state index is 0.0503. The average Bonchev–Trinajstić information content (AvgIpc) is 3.12. The van der Waals surface area contributed by atoms with Crippen LogP contribution in [0.2, 0.25) is 0 Å². The fraction of sp³-hybridized carbons (Fsp3) is 0.500. The number of sulfonamides is 1. The molecule has 8 heteroatoms. The number of nitriles is 1. The minimum atomic E-state index is -3.77. The van der Waals surface area contributed by atoms with E-state index in [0.717, 1.165) is 32.7 Å². The van der Waals surface area contributed by atoms with Crippen molar-refractivity contribution in [2.45, 2.75) is 11.8 Å². The Morgan fingerprint density at radius 1 is 1.17 bits per heavy atom. The molecule has 1 saturated heterocycles. The maximum atomic E-state index is 13.0. The molecule has 2 aliphatic rings. The second-order valence-electron chi connectivity index (χ2n) is 5.79. The van der Waals surface area contributed by atoms with Crippen LogP contribution in [0.25, 0.3) is 0 Å². The summed E-state index contributed by atoms with van der Waals surface area (Å²) in [4.78, 5) is 8.84. The van der Waals surface area contributed by atoms with Crippen LogP contribution in [0.4, 0.5) is 0 Å². The molecule has 128 valence electrons. The molecule has 0 unspecified atom stereocenters.